The number of rotatable bonds is 3. The molecule has 130 valence electrons. The van der Waals surface area contributed by atoms with E-state index in [1.807, 2.05) is 30.3 Å². The summed E-state index contributed by atoms with van der Waals surface area (Å²) in [5.41, 5.74) is 5.08. The zero-order chi connectivity index (χ0) is 18.1. The number of pyridine rings is 1. The molecule has 0 fully saturated rings. The lowest BCUT2D eigenvalue weighted by Gasteiger charge is -2.11. The van der Waals surface area contributed by atoms with E-state index in [9.17, 15) is 9.59 Å². The Hall–Kier alpha value is -3.41. The van der Waals surface area contributed by atoms with Gasteiger partial charge >= 0.3 is 5.97 Å². The Morgan fingerprint density at radius 1 is 1.15 bits per heavy atom. The fraction of sp³-hybridized carbons (Fsp3) is 0.150. The molecular formula is C20H17N3O3. The predicted molar refractivity (Wildman–Crippen MR) is 96.8 cm³/mol. The first kappa shape index (κ1) is 16.1. The number of ether oxygens (including phenoxy) is 1. The first-order valence-electron chi connectivity index (χ1n) is 8.35. The molecule has 6 heteroatoms. The third kappa shape index (κ3) is 3.09. The van der Waals surface area contributed by atoms with Gasteiger partial charge < -0.3 is 15.0 Å². The first-order valence-corrected chi connectivity index (χ1v) is 8.35. The summed E-state index contributed by atoms with van der Waals surface area (Å²) in [6.07, 6.45) is 2.52. The molecule has 1 amide bonds. The Morgan fingerprint density at radius 2 is 2.04 bits per heavy atom. The number of hydrogen-bond donors (Lipinski definition) is 2. The van der Waals surface area contributed by atoms with Gasteiger partial charge in [0.15, 0.2) is 0 Å². The Bertz CT molecular complexity index is 1010. The number of amides is 1. The number of carbonyl (C=O) groups is 2. The van der Waals surface area contributed by atoms with Crippen LogP contribution in [0.2, 0.25) is 0 Å². The normalized spacial score (nSPS) is 13.0. The molecule has 0 bridgehead atoms. The van der Waals surface area contributed by atoms with Crippen molar-refractivity contribution in [3.8, 4) is 28.3 Å². The first-order chi connectivity index (χ1) is 12.6. The quantitative estimate of drug-likeness (QED) is 0.563. The van der Waals surface area contributed by atoms with Gasteiger partial charge in [0.1, 0.15) is 5.75 Å². The summed E-state index contributed by atoms with van der Waals surface area (Å²) in [5, 5.41) is 2.85. The maximum atomic E-state index is 12.0. The largest absolute Gasteiger partial charge is 0.427 e. The lowest BCUT2D eigenvalue weighted by Crippen LogP contribution is -2.31. The average molecular weight is 347 g/mol. The second kappa shape index (κ2) is 6.48. The molecule has 0 spiro atoms. The highest BCUT2D eigenvalue weighted by Gasteiger charge is 2.20. The van der Waals surface area contributed by atoms with Crippen molar-refractivity contribution in [2.75, 3.05) is 6.54 Å². The molecule has 0 radical (unpaired) electrons. The van der Waals surface area contributed by atoms with E-state index in [2.05, 4.69) is 15.3 Å². The number of esters is 1. The van der Waals surface area contributed by atoms with Crippen molar-refractivity contribution < 1.29 is 14.3 Å². The van der Waals surface area contributed by atoms with E-state index in [-0.39, 0.29) is 11.9 Å². The summed E-state index contributed by atoms with van der Waals surface area (Å²) in [5.74, 6) is 0.0745. The van der Waals surface area contributed by atoms with Crippen LogP contribution in [0.3, 0.4) is 0 Å². The van der Waals surface area contributed by atoms with Crippen LogP contribution in [0.15, 0.2) is 48.7 Å². The van der Waals surface area contributed by atoms with E-state index >= 15 is 0 Å². The van der Waals surface area contributed by atoms with Gasteiger partial charge in [-0.2, -0.15) is 0 Å². The zero-order valence-electron chi connectivity index (χ0n) is 14.2. The topological polar surface area (TPSA) is 84.1 Å². The SMILES string of the molecule is CC(=O)Oc1cccc(-c2cc(-c3cc4c([nH]3)CCNC4=O)ccn2)c1. The molecule has 3 aromatic rings. The third-order valence-electron chi connectivity index (χ3n) is 4.27. The number of hydrogen-bond acceptors (Lipinski definition) is 4. The second-order valence-electron chi connectivity index (χ2n) is 6.13. The molecule has 4 rings (SSSR count). The van der Waals surface area contributed by atoms with E-state index in [1.165, 1.54) is 6.92 Å². The molecule has 0 aliphatic carbocycles. The summed E-state index contributed by atoms with van der Waals surface area (Å²) < 4.78 is 5.14. The average Bonchev–Trinajstić information content (AvgIpc) is 3.07. The van der Waals surface area contributed by atoms with Crippen molar-refractivity contribution >= 4 is 11.9 Å². The minimum atomic E-state index is -0.362. The van der Waals surface area contributed by atoms with Crippen LogP contribution in [-0.4, -0.2) is 28.4 Å². The Morgan fingerprint density at radius 3 is 2.85 bits per heavy atom. The Kier molecular flexibility index (Phi) is 4.01. The van der Waals surface area contributed by atoms with E-state index in [4.69, 9.17) is 4.74 Å². The molecule has 1 aliphatic heterocycles. The van der Waals surface area contributed by atoms with Gasteiger partial charge in [0.25, 0.3) is 5.91 Å². The third-order valence-corrected chi connectivity index (χ3v) is 4.27. The van der Waals surface area contributed by atoms with Gasteiger partial charge in [-0.1, -0.05) is 12.1 Å². The molecule has 0 atom stereocenters. The van der Waals surface area contributed by atoms with Crippen LogP contribution in [-0.2, 0) is 11.2 Å². The monoisotopic (exact) mass is 347 g/mol. The van der Waals surface area contributed by atoms with E-state index in [1.54, 1.807) is 18.3 Å². The van der Waals surface area contributed by atoms with E-state index < -0.39 is 0 Å². The van der Waals surface area contributed by atoms with Crippen molar-refractivity contribution in [3.63, 3.8) is 0 Å². The summed E-state index contributed by atoms with van der Waals surface area (Å²) >= 11 is 0. The maximum absolute atomic E-state index is 12.0. The van der Waals surface area contributed by atoms with Gasteiger partial charge in [0.2, 0.25) is 0 Å². The molecule has 2 N–H and O–H groups in total. The van der Waals surface area contributed by atoms with Crippen LogP contribution in [0.25, 0.3) is 22.5 Å². The van der Waals surface area contributed by atoms with Gasteiger partial charge in [-0.3, -0.25) is 14.6 Å². The molecule has 0 saturated carbocycles. The van der Waals surface area contributed by atoms with Crippen molar-refractivity contribution in [3.05, 3.63) is 59.9 Å². The summed E-state index contributed by atoms with van der Waals surface area (Å²) in [4.78, 5) is 30.9. The van der Waals surface area contributed by atoms with Gasteiger partial charge in [-0.25, -0.2) is 0 Å². The van der Waals surface area contributed by atoms with E-state index in [0.717, 1.165) is 34.6 Å². The lowest BCUT2D eigenvalue weighted by molar-refractivity contribution is -0.131. The molecule has 0 saturated heterocycles. The molecule has 3 heterocycles. The molecule has 2 aromatic heterocycles. The molecule has 26 heavy (non-hydrogen) atoms. The number of fused-ring (bicyclic) bond motifs is 1. The van der Waals surface area contributed by atoms with Crippen LogP contribution < -0.4 is 10.1 Å². The van der Waals surface area contributed by atoms with Crippen LogP contribution in [0, 0.1) is 0 Å². The highest BCUT2D eigenvalue weighted by molar-refractivity contribution is 5.97. The van der Waals surface area contributed by atoms with Crippen molar-refractivity contribution in [1.82, 2.24) is 15.3 Å². The summed E-state index contributed by atoms with van der Waals surface area (Å²) in [7, 11) is 0. The van der Waals surface area contributed by atoms with Crippen molar-refractivity contribution in [2.24, 2.45) is 0 Å². The minimum Gasteiger partial charge on any atom is -0.427 e. The van der Waals surface area contributed by atoms with Crippen molar-refractivity contribution in [2.45, 2.75) is 13.3 Å². The number of H-pyrrole nitrogens is 1. The fourth-order valence-corrected chi connectivity index (χ4v) is 3.09. The number of aromatic nitrogens is 2. The fourth-order valence-electron chi connectivity index (χ4n) is 3.09. The number of nitrogens with zero attached hydrogens (tertiary/aromatic N) is 1. The standard InChI is InChI=1S/C20H17N3O3/c1-12(24)26-15-4-2-3-13(9-15)18-10-14(5-7-21-18)19-11-16-17(23-19)6-8-22-20(16)25/h2-5,7,9-11,23H,6,8H2,1H3,(H,22,25). The number of carbonyl (C=O) groups excluding carboxylic acids is 2. The molecule has 0 unspecified atom stereocenters. The summed E-state index contributed by atoms with van der Waals surface area (Å²) in [6.45, 7) is 2.02. The molecular weight excluding hydrogens is 330 g/mol. The van der Waals surface area contributed by atoms with Crippen molar-refractivity contribution in [1.29, 1.82) is 0 Å². The highest BCUT2D eigenvalue weighted by Crippen LogP contribution is 2.28. The molecule has 1 aliphatic rings. The van der Waals surface area contributed by atoms with Gasteiger partial charge in [-0.05, 0) is 30.3 Å². The number of benzene rings is 1. The maximum Gasteiger partial charge on any atom is 0.308 e. The molecule has 1 aromatic carbocycles. The Labute approximate surface area is 150 Å². The highest BCUT2D eigenvalue weighted by atomic mass is 16.5. The van der Waals surface area contributed by atoms with Crippen LogP contribution >= 0.6 is 0 Å². The van der Waals surface area contributed by atoms with Crippen LogP contribution in [0.4, 0.5) is 0 Å². The predicted octanol–water partition coefficient (Wildman–Crippen LogP) is 2.95. The summed E-state index contributed by atoms with van der Waals surface area (Å²) in [6, 6.07) is 13.0. The molecule has 6 nitrogen and oxygen atoms in total. The van der Waals surface area contributed by atoms with Gasteiger partial charge in [0, 0.05) is 48.6 Å². The van der Waals surface area contributed by atoms with Crippen LogP contribution in [0.1, 0.15) is 23.0 Å². The smallest absolute Gasteiger partial charge is 0.308 e. The lowest BCUT2D eigenvalue weighted by atomic mass is 10.1. The minimum absolute atomic E-state index is 0.0443. The number of nitrogens with one attached hydrogen (secondary N) is 2. The van der Waals surface area contributed by atoms with Gasteiger partial charge in [0.05, 0.1) is 11.3 Å². The Balaban J connectivity index is 1.69. The van der Waals surface area contributed by atoms with E-state index in [0.29, 0.717) is 17.9 Å². The second-order valence-corrected chi connectivity index (χ2v) is 6.13. The number of aromatic amines is 1. The van der Waals surface area contributed by atoms with Gasteiger partial charge in [-0.15, -0.1) is 0 Å². The van der Waals surface area contributed by atoms with Crippen LogP contribution in [0.5, 0.6) is 5.75 Å². The zero-order valence-corrected chi connectivity index (χ0v) is 14.2.